The molecule has 3 nitrogen and oxygen atoms in total. The Morgan fingerprint density at radius 1 is 1.09 bits per heavy atom. The molecule has 1 amide bonds. The number of nitrogens with one attached hydrogen (secondary N) is 1. The van der Waals surface area contributed by atoms with Gasteiger partial charge in [-0.05, 0) is 38.0 Å². The van der Waals surface area contributed by atoms with Crippen LogP contribution < -0.4 is 5.32 Å². The van der Waals surface area contributed by atoms with E-state index in [1.165, 1.54) is 31.2 Å². The third-order valence-corrected chi connectivity index (χ3v) is 4.53. The zero-order chi connectivity index (χ0) is 16.1. The van der Waals surface area contributed by atoms with Gasteiger partial charge in [0, 0.05) is 17.8 Å². The highest BCUT2D eigenvalue weighted by atomic mass is 16.1. The molecule has 1 heterocycles. The zero-order valence-electron chi connectivity index (χ0n) is 13.7. The van der Waals surface area contributed by atoms with Gasteiger partial charge >= 0.3 is 0 Å². The molecule has 0 aliphatic heterocycles. The first-order valence-corrected chi connectivity index (χ1v) is 8.56. The summed E-state index contributed by atoms with van der Waals surface area (Å²) in [6.07, 6.45) is 8.90. The second-order valence-corrected chi connectivity index (χ2v) is 6.46. The number of hydrogen-bond donors (Lipinski definition) is 1. The van der Waals surface area contributed by atoms with Crippen LogP contribution in [0.25, 0.3) is 11.3 Å². The molecule has 1 aliphatic rings. The Labute approximate surface area is 138 Å². The average Bonchev–Trinajstić information content (AvgIpc) is 2.84. The Balaban J connectivity index is 1.67. The molecule has 0 radical (unpaired) electrons. The summed E-state index contributed by atoms with van der Waals surface area (Å²) in [4.78, 5) is 16.8. The maximum absolute atomic E-state index is 12.4. The minimum absolute atomic E-state index is 0.000178. The molecule has 2 aromatic rings. The molecule has 1 fully saturated rings. The molecule has 1 saturated carbocycles. The molecule has 3 heteroatoms. The van der Waals surface area contributed by atoms with Crippen LogP contribution in [0.5, 0.6) is 0 Å². The maximum Gasteiger partial charge on any atom is 0.253 e. The van der Waals surface area contributed by atoms with Gasteiger partial charge in [0.15, 0.2) is 0 Å². The zero-order valence-corrected chi connectivity index (χ0v) is 13.7. The van der Waals surface area contributed by atoms with Crippen molar-refractivity contribution < 1.29 is 4.79 Å². The number of carbonyl (C=O) groups excluding carboxylic acids is 1. The molecular formula is C20H24N2O. The predicted octanol–water partition coefficient (Wildman–Crippen LogP) is 4.51. The summed E-state index contributed by atoms with van der Waals surface area (Å²) in [5, 5.41) is 3.16. The molecular weight excluding hydrogens is 284 g/mol. The van der Waals surface area contributed by atoms with Gasteiger partial charge in [-0.2, -0.15) is 0 Å². The summed E-state index contributed by atoms with van der Waals surface area (Å²) in [5.41, 5.74) is 3.84. The van der Waals surface area contributed by atoms with Gasteiger partial charge in [0.1, 0.15) is 0 Å². The van der Waals surface area contributed by atoms with E-state index in [9.17, 15) is 4.79 Å². The Morgan fingerprint density at radius 3 is 2.52 bits per heavy atom. The highest BCUT2D eigenvalue weighted by molar-refractivity contribution is 5.94. The van der Waals surface area contributed by atoms with E-state index in [2.05, 4.69) is 29.4 Å². The molecule has 0 saturated heterocycles. The van der Waals surface area contributed by atoms with Crippen LogP contribution in [0, 0.1) is 6.92 Å². The van der Waals surface area contributed by atoms with Crippen LogP contribution in [0.1, 0.15) is 54.4 Å². The van der Waals surface area contributed by atoms with Gasteiger partial charge in [-0.3, -0.25) is 9.78 Å². The highest BCUT2D eigenvalue weighted by Gasteiger charge is 2.16. The first-order valence-electron chi connectivity index (χ1n) is 8.56. The van der Waals surface area contributed by atoms with E-state index in [0.29, 0.717) is 11.6 Å². The standard InChI is InChI=1S/C20H24N2O/c1-15-7-6-8-16(13-15)19-12-11-17(14-21-19)20(23)22-18-9-4-2-3-5-10-18/h6-8,11-14,18H,2-5,9-10H2,1H3,(H,22,23). The molecule has 0 atom stereocenters. The fraction of sp³-hybridized carbons (Fsp3) is 0.400. The van der Waals surface area contributed by atoms with Crippen LogP contribution in [0.15, 0.2) is 42.6 Å². The van der Waals surface area contributed by atoms with Gasteiger partial charge in [-0.25, -0.2) is 0 Å². The first-order chi connectivity index (χ1) is 11.2. The minimum atomic E-state index is 0.000178. The van der Waals surface area contributed by atoms with Crippen LogP contribution >= 0.6 is 0 Å². The fourth-order valence-corrected chi connectivity index (χ4v) is 3.20. The molecule has 0 unspecified atom stereocenters. The van der Waals surface area contributed by atoms with Crippen molar-refractivity contribution >= 4 is 5.91 Å². The number of aromatic nitrogens is 1. The van der Waals surface area contributed by atoms with E-state index in [4.69, 9.17) is 0 Å². The van der Waals surface area contributed by atoms with E-state index in [1.807, 2.05) is 24.3 Å². The van der Waals surface area contributed by atoms with Gasteiger partial charge in [-0.1, -0.05) is 49.4 Å². The summed E-state index contributed by atoms with van der Waals surface area (Å²) in [6.45, 7) is 2.07. The lowest BCUT2D eigenvalue weighted by Crippen LogP contribution is -2.34. The van der Waals surface area contributed by atoms with Crippen molar-refractivity contribution in [1.82, 2.24) is 10.3 Å². The largest absolute Gasteiger partial charge is 0.349 e. The lowest BCUT2D eigenvalue weighted by Gasteiger charge is -2.16. The normalized spacial score (nSPS) is 15.9. The number of nitrogens with zero attached hydrogens (tertiary/aromatic N) is 1. The van der Waals surface area contributed by atoms with E-state index in [-0.39, 0.29) is 5.91 Å². The van der Waals surface area contributed by atoms with Crippen molar-refractivity contribution in [3.63, 3.8) is 0 Å². The Bertz CT molecular complexity index is 656. The van der Waals surface area contributed by atoms with E-state index in [0.717, 1.165) is 24.1 Å². The summed E-state index contributed by atoms with van der Waals surface area (Å²) in [6, 6.07) is 12.4. The van der Waals surface area contributed by atoms with Gasteiger partial charge in [-0.15, -0.1) is 0 Å². The number of aryl methyl sites for hydroxylation is 1. The molecule has 3 rings (SSSR count). The SMILES string of the molecule is Cc1cccc(-c2ccc(C(=O)NC3CCCCCC3)cn2)c1. The summed E-state index contributed by atoms with van der Waals surface area (Å²) >= 11 is 0. The molecule has 23 heavy (non-hydrogen) atoms. The highest BCUT2D eigenvalue weighted by Crippen LogP contribution is 2.19. The summed E-state index contributed by atoms with van der Waals surface area (Å²) in [5.74, 6) is 0.000178. The van der Waals surface area contributed by atoms with Crippen LogP contribution in [0.2, 0.25) is 0 Å². The molecule has 1 aliphatic carbocycles. The monoisotopic (exact) mass is 308 g/mol. The van der Waals surface area contributed by atoms with Crippen LogP contribution in [-0.4, -0.2) is 16.9 Å². The lowest BCUT2D eigenvalue weighted by molar-refractivity contribution is 0.0933. The Morgan fingerprint density at radius 2 is 1.87 bits per heavy atom. The van der Waals surface area contributed by atoms with Crippen LogP contribution in [-0.2, 0) is 0 Å². The Hall–Kier alpha value is -2.16. The van der Waals surface area contributed by atoms with Crippen LogP contribution in [0.3, 0.4) is 0 Å². The number of carbonyl (C=O) groups is 1. The van der Waals surface area contributed by atoms with E-state index in [1.54, 1.807) is 6.20 Å². The lowest BCUT2D eigenvalue weighted by atomic mass is 10.1. The number of amides is 1. The molecule has 0 spiro atoms. The molecule has 1 aromatic carbocycles. The van der Waals surface area contributed by atoms with Crippen molar-refractivity contribution in [2.24, 2.45) is 0 Å². The fourth-order valence-electron chi connectivity index (χ4n) is 3.20. The van der Waals surface area contributed by atoms with E-state index < -0.39 is 0 Å². The number of benzene rings is 1. The maximum atomic E-state index is 12.4. The van der Waals surface area contributed by atoms with Crippen molar-refractivity contribution in [3.8, 4) is 11.3 Å². The first kappa shape index (κ1) is 15.7. The van der Waals surface area contributed by atoms with Crippen molar-refractivity contribution in [2.45, 2.75) is 51.5 Å². The average molecular weight is 308 g/mol. The third-order valence-electron chi connectivity index (χ3n) is 4.53. The second kappa shape index (κ2) is 7.40. The number of pyridine rings is 1. The minimum Gasteiger partial charge on any atom is -0.349 e. The third kappa shape index (κ3) is 4.19. The van der Waals surface area contributed by atoms with Gasteiger partial charge in [0.2, 0.25) is 0 Å². The number of rotatable bonds is 3. The van der Waals surface area contributed by atoms with Gasteiger partial charge < -0.3 is 5.32 Å². The van der Waals surface area contributed by atoms with Crippen molar-refractivity contribution in [3.05, 3.63) is 53.7 Å². The topological polar surface area (TPSA) is 42.0 Å². The van der Waals surface area contributed by atoms with Crippen LogP contribution in [0.4, 0.5) is 0 Å². The van der Waals surface area contributed by atoms with Gasteiger partial charge in [0.05, 0.1) is 11.3 Å². The van der Waals surface area contributed by atoms with E-state index >= 15 is 0 Å². The van der Waals surface area contributed by atoms with Gasteiger partial charge in [0.25, 0.3) is 5.91 Å². The summed E-state index contributed by atoms with van der Waals surface area (Å²) < 4.78 is 0. The smallest absolute Gasteiger partial charge is 0.253 e. The summed E-state index contributed by atoms with van der Waals surface area (Å²) in [7, 11) is 0. The van der Waals surface area contributed by atoms with Crippen molar-refractivity contribution in [2.75, 3.05) is 0 Å². The van der Waals surface area contributed by atoms with Crippen molar-refractivity contribution in [1.29, 1.82) is 0 Å². The number of hydrogen-bond acceptors (Lipinski definition) is 2. The molecule has 1 aromatic heterocycles. The molecule has 120 valence electrons. The molecule has 1 N–H and O–H groups in total. The predicted molar refractivity (Wildman–Crippen MR) is 93.4 cm³/mol. The Kier molecular flexibility index (Phi) is 5.06. The quantitative estimate of drug-likeness (QED) is 0.848. The second-order valence-electron chi connectivity index (χ2n) is 6.46. The molecule has 0 bridgehead atoms.